The third-order valence-electron chi connectivity index (χ3n) is 3.29. The fraction of sp³-hybridized carbons (Fsp3) is 0.0625. The molecule has 3 aromatic rings. The highest BCUT2D eigenvalue weighted by Gasteiger charge is 2.09. The summed E-state index contributed by atoms with van der Waals surface area (Å²) < 4.78 is 2.01. The van der Waals surface area contributed by atoms with Crippen molar-refractivity contribution in [3.8, 4) is 0 Å². The molecule has 1 aromatic heterocycles. The zero-order valence-electron chi connectivity index (χ0n) is 10.5. The van der Waals surface area contributed by atoms with Crippen LogP contribution in [-0.4, -0.2) is 10.9 Å². The zero-order valence-corrected chi connectivity index (χ0v) is 12.0. The maximum absolute atomic E-state index is 11.1. The molecule has 3 rings (SSSR count). The van der Waals surface area contributed by atoms with E-state index in [2.05, 4.69) is 0 Å². The molecular weight excluding hydrogens is 293 g/mol. The second kappa shape index (κ2) is 5.31. The first kappa shape index (κ1) is 13.2. The lowest BCUT2D eigenvalue weighted by atomic mass is 10.2. The Kier molecular flexibility index (Phi) is 3.51. The number of aromatic nitrogens is 1. The Bertz CT molecular complexity index is 792. The van der Waals surface area contributed by atoms with Gasteiger partial charge in [-0.15, -0.1) is 0 Å². The van der Waals surface area contributed by atoms with E-state index >= 15 is 0 Å². The second-order valence-electron chi connectivity index (χ2n) is 4.58. The minimum atomic E-state index is 0.577. The summed E-state index contributed by atoms with van der Waals surface area (Å²) in [6.45, 7) is 0.577. The van der Waals surface area contributed by atoms with E-state index in [0.29, 0.717) is 22.2 Å². The Labute approximate surface area is 126 Å². The number of rotatable bonds is 3. The van der Waals surface area contributed by atoms with Crippen LogP contribution in [0.3, 0.4) is 0 Å². The molecule has 0 unspecified atom stereocenters. The molecule has 1 heterocycles. The van der Waals surface area contributed by atoms with Gasteiger partial charge in [0.1, 0.15) is 0 Å². The lowest BCUT2D eigenvalue weighted by Crippen LogP contribution is -1.98. The number of carbonyl (C=O) groups excluding carboxylic acids is 1. The van der Waals surface area contributed by atoms with Gasteiger partial charge in [0.05, 0.1) is 0 Å². The van der Waals surface area contributed by atoms with Crippen molar-refractivity contribution >= 4 is 40.4 Å². The Morgan fingerprint density at radius 2 is 1.90 bits per heavy atom. The monoisotopic (exact) mass is 303 g/mol. The molecule has 0 saturated carbocycles. The minimum Gasteiger partial charge on any atom is -0.342 e. The average Bonchev–Trinajstić information content (AvgIpc) is 2.81. The molecule has 0 N–H and O–H groups in total. The fourth-order valence-electron chi connectivity index (χ4n) is 2.35. The average molecular weight is 304 g/mol. The molecule has 0 saturated heterocycles. The maximum Gasteiger partial charge on any atom is 0.152 e. The van der Waals surface area contributed by atoms with Crippen molar-refractivity contribution in [2.45, 2.75) is 6.54 Å². The van der Waals surface area contributed by atoms with E-state index in [0.717, 1.165) is 22.8 Å². The van der Waals surface area contributed by atoms with Gasteiger partial charge >= 0.3 is 0 Å². The summed E-state index contributed by atoms with van der Waals surface area (Å²) in [6, 6.07) is 13.2. The molecule has 0 atom stereocenters. The summed E-state index contributed by atoms with van der Waals surface area (Å²) in [5.41, 5.74) is 2.61. The van der Waals surface area contributed by atoms with E-state index in [-0.39, 0.29) is 0 Å². The van der Waals surface area contributed by atoms with Crippen LogP contribution in [0.25, 0.3) is 10.9 Å². The molecule has 0 aliphatic heterocycles. The van der Waals surface area contributed by atoms with Crippen LogP contribution < -0.4 is 0 Å². The molecule has 0 bridgehead atoms. The van der Waals surface area contributed by atoms with Crippen LogP contribution in [-0.2, 0) is 6.54 Å². The number of benzene rings is 2. The second-order valence-corrected chi connectivity index (χ2v) is 5.43. The Morgan fingerprint density at radius 3 is 2.70 bits per heavy atom. The standard InChI is InChI=1S/C16H11Cl2NO/c17-13-5-6-15(18)11(7-13)8-19-9-12(10-20)14-3-1-2-4-16(14)19/h1-7,9-10H,8H2. The highest BCUT2D eigenvalue weighted by atomic mass is 35.5. The Balaban J connectivity index is 2.11. The van der Waals surface area contributed by atoms with Gasteiger partial charge in [0.25, 0.3) is 0 Å². The van der Waals surface area contributed by atoms with E-state index in [4.69, 9.17) is 23.2 Å². The van der Waals surface area contributed by atoms with Crippen LogP contribution in [0.4, 0.5) is 0 Å². The molecule has 2 nitrogen and oxygen atoms in total. The number of halogens is 2. The molecule has 4 heteroatoms. The van der Waals surface area contributed by atoms with Crippen LogP contribution in [0.2, 0.25) is 10.0 Å². The number of carbonyl (C=O) groups is 1. The van der Waals surface area contributed by atoms with Crippen molar-refractivity contribution in [2.24, 2.45) is 0 Å². The topological polar surface area (TPSA) is 22.0 Å². The number of fused-ring (bicyclic) bond motifs is 1. The van der Waals surface area contributed by atoms with Gasteiger partial charge in [-0.1, -0.05) is 41.4 Å². The van der Waals surface area contributed by atoms with Crippen LogP contribution in [0.15, 0.2) is 48.7 Å². The van der Waals surface area contributed by atoms with Crippen molar-refractivity contribution in [3.63, 3.8) is 0 Å². The van der Waals surface area contributed by atoms with Crippen LogP contribution in [0.1, 0.15) is 15.9 Å². The molecule has 2 aromatic carbocycles. The Hall–Kier alpha value is -1.77. The van der Waals surface area contributed by atoms with Crippen molar-refractivity contribution < 1.29 is 4.79 Å². The summed E-state index contributed by atoms with van der Waals surface area (Å²) >= 11 is 12.2. The third kappa shape index (κ3) is 2.33. The minimum absolute atomic E-state index is 0.577. The van der Waals surface area contributed by atoms with Gasteiger partial charge in [-0.2, -0.15) is 0 Å². The van der Waals surface area contributed by atoms with E-state index in [1.54, 1.807) is 12.1 Å². The fourth-order valence-corrected chi connectivity index (χ4v) is 2.72. The smallest absolute Gasteiger partial charge is 0.152 e. The molecule has 0 aliphatic rings. The number of nitrogens with zero attached hydrogens (tertiary/aromatic N) is 1. The summed E-state index contributed by atoms with van der Waals surface area (Å²) in [5, 5.41) is 2.26. The lowest BCUT2D eigenvalue weighted by molar-refractivity contribution is 0.112. The molecule has 0 spiro atoms. The van der Waals surface area contributed by atoms with Crippen molar-refractivity contribution in [1.82, 2.24) is 4.57 Å². The number of para-hydroxylation sites is 1. The van der Waals surface area contributed by atoms with Gasteiger partial charge in [0, 0.05) is 39.3 Å². The predicted octanol–water partition coefficient (Wildman–Crippen LogP) is 4.81. The van der Waals surface area contributed by atoms with Crippen LogP contribution in [0.5, 0.6) is 0 Å². The van der Waals surface area contributed by atoms with Gasteiger partial charge in [-0.25, -0.2) is 0 Å². The lowest BCUT2D eigenvalue weighted by Gasteiger charge is -2.08. The first-order chi connectivity index (χ1) is 9.69. The van der Waals surface area contributed by atoms with E-state index < -0.39 is 0 Å². The van der Waals surface area contributed by atoms with Gasteiger partial charge in [-0.05, 0) is 29.8 Å². The van der Waals surface area contributed by atoms with Crippen LogP contribution >= 0.6 is 23.2 Å². The highest BCUT2D eigenvalue weighted by Crippen LogP contribution is 2.25. The molecule has 0 aliphatic carbocycles. The number of aldehydes is 1. The largest absolute Gasteiger partial charge is 0.342 e. The van der Waals surface area contributed by atoms with Crippen molar-refractivity contribution in [2.75, 3.05) is 0 Å². The summed E-state index contributed by atoms with van der Waals surface area (Å²) in [4.78, 5) is 11.1. The summed E-state index contributed by atoms with van der Waals surface area (Å²) in [6.07, 6.45) is 2.72. The van der Waals surface area contributed by atoms with E-state index in [9.17, 15) is 4.79 Å². The summed E-state index contributed by atoms with van der Waals surface area (Å²) in [5.74, 6) is 0. The first-order valence-electron chi connectivity index (χ1n) is 6.16. The molecular formula is C16H11Cl2NO. The van der Waals surface area contributed by atoms with Gasteiger partial charge < -0.3 is 4.57 Å². The van der Waals surface area contributed by atoms with Crippen LogP contribution in [0, 0.1) is 0 Å². The van der Waals surface area contributed by atoms with Gasteiger partial charge in [-0.3, -0.25) is 4.79 Å². The molecule has 0 amide bonds. The zero-order chi connectivity index (χ0) is 14.1. The van der Waals surface area contributed by atoms with E-state index in [1.165, 1.54) is 0 Å². The van der Waals surface area contributed by atoms with Crippen molar-refractivity contribution in [3.05, 3.63) is 69.8 Å². The quantitative estimate of drug-likeness (QED) is 0.636. The summed E-state index contributed by atoms with van der Waals surface area (Å²) in [7, 11) is 0. The molecule has 0 fully saturated rings. The maximum atomic E-state index is 11.1. The predicted molar refractivity (Wildman–Crippen MR) is 82.9 cm³/mol. The first-order valence-corrected chi connectivity index (χ1v) is 6.91. The number of hydrogen-bond acceptors (Lipinski definition) is 1. The SMILES string of the molecule is O=Cc1cn(Cc2cc(Cl)ccc2Cl)c2ccccc12. The molecule has 100 valence electrons. The van der Waals surface area contributed by atoms with Gasteiger partial charge in [0.15, 0.2) is 6.29 Å². The molecule has 20 heavy (non-hydrogen) atoms. The Morgan fingerprint density at radius 1 is 1.10 bits per heavy atom. The van der Waals surface area contributed by atoms with E-state index in [1.807, 2.05) is 41.1 Å². The number of hydrogen-bond donors (Lipinski definition) is 0. The normalized spacial score (nSPS) is 10.9. The van der Waals surface area contributed by atoms with Crippen molar-refractivity contribution in [1.29, 1.82) is 0 Å². The highest BCUT2D eigenvalue weighted by molar-refractivity contribution is 6.33. The molecule has 0 radical (unpaired) electrons. The van der Waals surface area contributed by atoms with Gasteiger partial charge in [0.2, 0.25) is 0 Å². The third-order valence-corrected chi connectivity index (χ3v) is 3.90.